The first kappa shape index (κ1) is 15.4. The molecular weight excluding hydrogens is 276 g/mol. The molecule has 0 atom stereocenters. The van der Waals surface area contributed by atoms with Gasteiger partial charge in [0, 0.05) is 0 Å². The largest absolute Gasteiger partial charge is 0.392 e. The van der Waals surface area contributed by atoms with Crippen LogP contribution in [0.4, 0.5) is 35.1 Å². The van der Waals surface area contributed by atoms with Crippen LogP contribution >= 0.6 is 11.6 Å². The lowest BCUT2D eigenvalue weighted by atomic mass is 10.0. The fourth-order valence-electron chi connectivity index (χ4n) is 0.641. The van der Waals surface area contributed by atoms with Gasteiger partial charge in [0.1, 0.15) is 6.29 Å². The first-order valence-electron chi connectivity index (χ1n) is 3.45. The Morgan fingerprint density at radius 2 is 1.25 bits per heavy atom. The van der Waals surface area contributed by atoms with Crippen molar-refractivity contribution in [2.45, 2.75) is 29.6 Å². The van der Waals surface area contributed by atoms with Crippen LogP contribution in [0.5, 0.6) is 0 Å². The van der Waals surface area contributed by atoms with Crippen molar-refractivity contribution in [2.75, 3.05) is 0 Å². The molecule has 0 saturated heterocycles. The van der Waals surface area contributed by atoms with Gasteiger partial charge in [0.25, 0.3) is 0 Å². The van der Waals surface area contributed by atoms with Crippen LogP contribution < -0.4 is 0 Å². The van der Waals surface area contributed by atoms with Crippen LogP contribution in [-0.4, -0.2) is 29.4 Å². The van der Waals surface area contributed by atoms with E-state index >= 15 is 0 Å². The minimum absolute atomic E-state index is 0.795. The molecule has 0 bridgehead atoms. The average molecular weight is 279 g/mol. The average Bonchev–Trinajstić information content (AvgIpc) is 2.01. The maximum atomic E-state index is 12.4. The van der Waals surface area contributed by atoms with E-state index in [0.717, 1.165) is 0 Å². The maximum absolute atomic E-state index is 12.4. The molecule has 0 unspecified atom stereocenters. The van der Waals surface area contributed by atoms with Gasteiger partial charge in [0.05, 0.1) is 6.42 Å². The Morgan fingerprint density at radius 1 is 0.875 bits per heavy atom. The summed E-state index contributed by atoms with van der Waals surface area (Å²) in [6.45, 7) is 0. The molecule has 0 heterocycles. The minimum atomic E-state index is -6.49. The highest BCUT2D eigenvalue weighted by Gasteiger charge is 2.80. The number of carbonyl (C=O) groups excluding carboxylic acids is 1. The number of rotatable bonds is 5. The maximum Gasteiger partial charge on any atom is 0.392 e. The molecule has 10 heteroatoms. The van der Waals surface area contributed by atoms with Gasteiger partial charge in [-0.15, -0.1) is 0 Å². The van der Waals surface area contributed by atoms with Crippen LogP contribution in [0.2, 0.25) is 0 Å². The van der Waals surface area contributed by atoms with Crippen molar-refractivity contribution in [1.82, 2.24) is 0 Å². The van der Waals surface area contributed by atoms with Gasteiger partial charge >= 0.3 is 23.1 Å². The Morgan fingerprint density at radius 3 is 1.50 bits per heavy atom. The SMILES string of the molecule is O=CCC(F)(F)C(F)(F)C(F)(F)C(F)(F)Cl. The Bertz CT molecular complexity index is 270. The second kappa shape index (κ2) is 4.01. The summed E-state index contributed by atoms with van der Waals surface area (Å²) in [5, 5.41) is -5.87. The van der Waals surface area contributed by atoms with Crippen molar-refractivity contribution >= 4 is 17.9 Å². The zero-order chi connectivity index (χ0) is 13.4. The summed E-state index contributed by atoms with van der Waals surface area (Å²) in [6, 6.07) is 0. The van der Waals surface area contributed by atoms with Crippen LogP contribution in [0, 0.1) is 0 Å². The van der Waals surface area contributed by atoms with E-state index in [1.54, 1.807) is 0 Å². The number of halogens is 9. The molecule has 0 aliphatic carbocycles. The van der Waals surface area contributed by atoms with E-state index in [1.807, 2.05) is 0 Å². The van der Waals surface area contributed by atoms with Crippen molar-refractivity contribution in [1.29, 1.82) is 0 Å². The number of aldehydes is 1. The van der Waals surface area contributed by atoms with Gasteiger partial charge in [0.2, 0.25) is 0 Å². The van der Waals surface area contributed by atoms with E-state index in [2.05, 4.69) is 11.6 Å². The first-order valence-corrected chi connectivity index (χ1v) is 3.83. The van der Waals surface area contributed by atoms with Gasteiger partial charge < -0.3 is 4.79 Å². The van der Waals surface area contributed by atoms with Crippen molar-refractivity contribution in [2.24, 2.45) is 0 Å². The van der Waals surface area contributed by atoms with Gasteiger partial charge in [-0.1, -0.05) is 0 Å². The number of hydrogen-bond donors (Lipinski definition) is 0. The molecular formula is C6H3ClF8O. The third-order valence-electron chi connectivity index (χ3n) is 1.55. The molecule has 0 fully saturated rings. The molecule has 0 saturated carbocycles. The van der Waals surface area contributed by atoms with E-state index in [0.29, 0.717) is 0 Å². The molecule has 0 aliphatic heterocycles. The zero-order valence-corrected chi connectivity index (χ0v) is 7.85. The van der Waals surface area contributed by atoms with Gasteiger partial charge in [-0.25, -0.2) is 0 Å². The van der Waals surface area contributed by atoms with E-state index in [1.165, 1.54) is 0 Å². The van der Waals surface area contributed by atoms with Crippen LogP contribution in [0.15, 0.2) is 0 Å². The van der Waals surface area contributed by atoms with E-state index in [9.17, 15) is 39.9 Å². The highest BCUT2D eigenvalue weighted by molar-refractivity contribution is 6.22. The molecule has 0 N–H and O–H groups in total. The van der Waals surface area contributed by atoms with Gasteiger partial charge in [-0.2, -0.15) is 35.1 Å². The molecule has 1 nitrogen and oxygen atoms in total. The summed E-state index contributed by atoms with van der Waals surface area (Å²) in [5.74, 6) is -18.6. The van der Waals surface area contributed by atoms with Gasteiger partial charge in [-0.05, 0) is 11.6 Å². The van der Waals surface area contributed by atoms with Crippen LogP contribution in [-0.2, 0) is 4.79 Å². The van der Waals surface area contributed by atoms with Crippen LogP contribution in [0.1, 0.15) is 6.42 Å². The van der Waals surface area contributed by atoms with E-state index < -0.39 is 35.9 Å². The van der Waals surface area contributed by atoms with Gasteiger partial charge in [0.15, 0.2) is 0 Å². The number of alkyl halides is 9. The summed E-state index contributed by atoms with van der Waals surface area (Å²) in [6.07, 6.45) is -3.13. The Kier molecular flexibility index (Phi) is 3.86. The lowest BCUT2D eigenvalue weighted by Gasteiger charge is -2.33. The highest BCUT2D eigenvalue weighted by Crippen LogP contribution is 2.54. The molecule has 0 aliphatic rings. The number of carbonyl (C=O) groups is 1. The quantitative estimate of drug-likeness (QED) is 0.428. The molecule has 0 amide bonds. The predicted octanol–water partition coefficient (Wildman–Crippen LogP) is 3.31. The zero-order valence-electron chi connectivity index (χ0n) is 7.09. The first-order chi connectivity index (χ1) is 6.81. The smallest absolute Gasteiger partial charge is 0.303 e. The minimum Gasteiger partial charge on any atom is -0.303 e. The van der Waals surface area contributed by atoms with Crippen molar-refractivity contribution < 1.29 is 39.9 Å². The molecule has 0 aromatic carbocycles. The lowest BCUT2D eigenvalue weighted by molar-refractivity contribution is -0.346. The second-order valence-electron chi connectivity index (χ2n) is 2.72. The standard InChI is InChI=1S/C6H3ClF8O/c7-6(14,15)5(12,13)4(10,11)3(8,9)1-2-16/h2H,1H2. The van der Waals surface area contributed by atoms with Gasteiger partial charge in [-0.3, -0.25) is 0 Å². The fraction of sp³-hybridized carbons (Fsp3) is 0.833. The van der Waals surface area contributed by atoms with Crippen molar-refractivity contribution in [3.8, 4) is 0 Å². The van der Waals surface area contributed by atoms with Crippen molar-refractivity contribution in [3.63, 3.8) is 0 Å². The Labute approximate surface area is 88.4 Å². The lowest BCUT2D eigenvalue weighted by Crippen LogP contribution is -2.60. The van der Waals surface area contributed by atoms with E-state index in [-0.39, 0.29) is 0 Å². The highest BCUT2D eigenvalue weighted by atomic mass is 35.5. The summed E-state index contributed by atoms with van der Waals surface area (Å²) in [4.78, 5) is 9.57. The topological polar surface area (TPSA) is 17.1 Å². The summed E-state index contributed by atoms with van der Waals surface area (Å²) in [5.41, 5.74) is 0. The Hall–Kier alpha value is -0.600. The van der Waals surface area contributed by atoms with Crippen LogP contribution in [0.3, 0.4) is 0 Å². The molecule has 0 radical (unpaired) electrons. The normalized spacial score (nSPS) is 15.1. The third-order valence-corrected chi connectivity index (χ3v) is 1.79. The Balaban J connectivity index is 5.42. The molecule has 96 valence electrons. The second-order valence-corrected chi connectivity index (χ2v) is 3.20. The van der Waals surface area contributed by atoms with E-state index in [4.69, 9.17) is 0 Å². The molecule has 16 heavy (non-hydrogen) atoms. The third kappa shape index (κ3) is 2.23. The van der Waals surface area contributed by atoms with Crippen LogP contribution in [0.25, 0.3) is 0 Å². The predicted molar refractivity (Wildman–Crippen MR) is 36.3 cm³/mol. The number of hydrogen-bond acceptors (Lipinski definition) is 1. The fourth-order valence-corrected chi connectivity index (χ4v) is 0.759. The molecule has 0 aromatic heterocycles. The molecule has 0 aromatic rings. The summed E-state index contributed by atoms with van der Waals surface area (Å²) < 4.78 is 98.0. The monoisotopic (exact) mass is 278 g/mol. The summed E-state index contributed by atoms with van der Waals surface area (Å²) >= 11 is 3.63. The van der Waals surface area contributed by atoms with Crippen molar-refractivity contribution in [3.05, 3.63) is 0 Å². The molecule has 0 rings (SSSR count). The molecule has 0 spiro atoms. The summed E-state index contributed by atoms with van der Waals surface area (Å²) in [7, 11) is 0.